The van der Waals surface area contributed by atoms with Gasteiger partial charge >= 0.3 is 6.09 Å². The largest absolute Gasteiger partial charge is 0.445 e. The summed E-state index contributed by atoms with van der Waals surface area (Å²) in [7, 11) is 0. The molecule has 34 heavy (non-hydrogen) atoms. The average Bonchev–Trinajstić information content (AvgIpc) is 2.86. The Balaban J connectivity index is 1.37. The van der Waals surface area contributed by atoms with E-state index < -0.39 is 17.7 Å². The zero-order valence-electron chi connectivity index (χ0n) is 18.5. The molecule has 0 saturated heterocycles. The van der Waals surface area contributed by atoms with E-state index >= 15 is 0 Å². The third-order valence-electron chi connectivity index (χ3n) is 6.23. The monoisotopic (exact) mass is 466 g/mol. The molecule has 2 aromatic carbocycles. The lowest BCUT2D eigenvalue weighted by Gasteiger charge is -2.45. The Kier molecular flexibility index (Phi) is 6.00. The van der Waals surface area contributed by atoms with Gasteiger partial charge in [-0.2, -0.15) is 0 Å². The number of benzene rings is 2. The van der Waals surface area contributed by atoms with Crippen molar-refractivity contribution in [1.29, 1.82) is 0 Å². The second-order valence-electron chi connectivity index (χ2n) is 8.45. The van der Waals surface area contributed by atoms with E-state index in [0.29, 0.717) is 37.6 Å². The van der Waals surface area contributed by atoms with Crippen LogP contribution < -0.4 is 0 Å². The van der Waals surface area contributed by atoms with Crippen LogP contribution in [0.2, 0.25) is 0 Å². The molecule has 0 unspecified atom stereocenters. The van der Waals surface area contributed by atoms with Crippen molar-refractivity contribution in [1.82, 2.24) is 14.7 Å². The zero-order valence-corrected chi connectivity index (χ0v) is 18.5. The number of carbonyl (C=O) groups is 2. The Morgan fingerprint density at radius 1 is 1.09 bits per heavy atom. The summed E-state index contributed by atoms with van der Waals surface area (Å²) in [6.45, 7) is 1.86. The molecule has 2 amide bonds. The fourth-order valence-electron chi connectivity index (χ4n) is 4.50. The maximum atomic E-state index is 14.4. The van der Waals surface area contributed by atoms with E-state index in [-0.39, 0.29) is 31.2 Å². The van der Waals surface area contributed by atoms with Crippen molar-refractivity contribution in [3.05, 3.63) is 82.6 Å². The first-order valence-corrected chi connectivity index (χ1v) is 11.3. The number of nitrogens with zero attached hydrogens (tertiary/aromatic N) is 4. The van der Waals surface area contributed by atoms with Crippen LogP contribution in [0.15, 0.2) is 64.8 Å². The topological polar surface area (TPSA) is 65.5 Å². The summed E-state index contributed by atoms with van der Waals surface area (Å²) in [5, 5.41) is 0. The summed E-state index contributed by atoms with van der Waals surface area (Å²) < 4.78 is 33.2. The molecule has 0 aromatic heterocycles. The lowest BCUT2D eigenvalue weighted by Crippen LogP contribution is -2.57. The normalized spacial score (nSPS) is 17.9. The Labute approximate surface area is 195 Å². The third kappa shape index (κ3) is 4.25. The molecule has 0 radical (unpaired) electrons. The van der Waals surface area contributed by atoms with Gasteiger partial charge in [-0.25, -0.2) is 13.6 Å². The van der Waals surface area contributed by atoms with Crippen molar-refractivity contribution >= 4 is 18.0 Å². The predicted molar refractivity (Wildman–Crippen MR) is 120 cm³/mol. The van der Waals surface area contributed by atoms with Gasteiger partial charge in [0.15, 0.2) is 0 Å². The Morgan fingerprint density at radius 3 is 2.71 bits per heavy atom. The molecule has 0 bridgehead atoms. The first kappa shape index (κ1) is 22.1. The number of rotatable bonds is 4. The van der Waals surface area contributed by atoms with Gasteiger partial charge in [0.2, 0.25) is 5.96 Å². The fourth-order valence-corrected chi connectivity index (χ4v) is 4.50. The summed E-state index contributed by atoms with van der Waals surface area (Å²) in [6.07, 6.45) is 0.840. The minimum absolute atomic E-state index is 0.0739. The fraction of sp³-hybridized carbons (Fsp3) is 0.320. The second-order valence-corrected chi connectivity index (χ2v) is 8.45. The van der Waals surface area contributed by atoms with E-state index in [0.717, 1.165) is 23.7 Å². The number of carbonyl (C=O) groups excluding carboxylic acids is 2. The number of guanidine groups is 1. The number of fused-ring (bicyclic) bond motifs is 2. The van der Waals surface area contributed by atoms with Gasteiger partial charge in [0.05, 0.1) is 18.7 Å². The second kappa shape index (κ2) is 9.24. The van der Waals surface area contributed by atoms with Gasteiger partial charge in [0.1, 0.15) is 18.2 Å². The summed E-state index contributed by atoms with van der Waals surface area (Å²) in [4.78, 5) is 35.7. The number of aliphatic imine (C=N–C) groups is 1. The van der Waals surface area contributed by atoms with Crippen molar-refractivity contribution in [3.8, 4) is 0 Å². The highest BCUT2D eigenvalue weighted by Crippen LogP contribution is 2.32. The van der Waals surface area contributed by atoms with Crippen molar-refractivity contribution in [2.75, 3.05) is 26.2 Å². The average molecular weight is 466 g/mol. The standard InChI is InChI=1S/C25H24F2N4O3/c26-19-8-7-18(21(27)13-19)14-31-23(32)20-15-29(25(33)34-16-17-5-2-1-3-6-17)12-9-22(20)30-11-4-10-28-24(30)31/h1-3,5-8,13H,4,9-12,14-16H2. The van der Waals surface area contributed by atoms with Crippen LogP contribution in [0.3, 0.4) is 0 Å². The Bertz CT molecular complexity index is 1180. The molecule has 0 aliphatic carbocycles. The first-order chi connectivity index (χ1) is 16.5. The number of hydrogen-bond acceptors (Lipinski definition) is 5. The van der Waals surface area contributed by atoms with Crippen LogP contribution in [0.4, 0.5) is 13.6 Å². The number of hydrogen-bond donors (Lipinski definition) is 0. The third-order valence-corrected chi connectivity index (χ3v) is 6.23. The molecule has 0 spiro atoms. The van der Waals surface area contributed by atoms with Gasteiger partial charge in [-0.1, -0.05) is 36.4 Å². The number of amides is 2. The van der Waals surface area contributed by atoms with Crippen LogP contribution in [0.5, 0.6) is 0 Å². The molecule has 3 heterocycles. The summed E-state index contributed by atoms with van der Waals surface area (Å²) in [6, 6.07) is 12.7. The van der Waals surface area contributed by atoms with Crippen LogP contribution in [0.1, 0.15) is 24.0 Å². The minimum atomic E-state index is -0.717. The molecule has 176 valence electrons. The Morgan fingerprint density at radius 2 is 1.91 bits per heavy atom. The highest BCUT2D eigenvalue weighted by molar-refractivity contribution is 6.09. The highest BCUT2D eigenvalue weighted by Gasteiger charge is 2.41. The zero-order chi connectivity index (χ0) is 23.7. The molecule has 2 aromatic rings. The molecule has 3 aliphatic rings. The van der Waals surface area contributed by atoms with E-state index in [9.17, 15) is 18.4 Å². The molecular weight excluding hydrogens is 442 g/mol. The maximum Gasteiger partial charge on any atom is 0.410 e. The van der Waals surface area contributed by atoms with Crippen molar-refractivity contribution in [3.63, 3.8) is 0 Å². The molecule has 9 heteroatoms. The maximum absolute atomic E-state index is 14.4. The van der Waals surface area contributed by atoms with Crippen molar-refractivity contribution < 1.29 is 23.1 Å². The lowest BCUT2D eigenvalue weighted by molar-refractivity contribution is -0.125. The lowest BCUT2D eigenvalue weighted by atomic mass is 10.00. The van der Waals surface area contributed by atoms with E-state index in [4.69, 9.17) is 4.74 Å². The van der Waals surface area contributed by atoms with E-state index in [1.54, 1.807) is 0 Å². The quantitative estimate of drug-likeness (QED) is 0.690. The molecular formula is C25H24F2N4O3. The van der Waals surface area contributed by atoms with Crippen molar-refractivity contribution in [2.45, 2.75) is 26.0 Å². The minimum Gasteiger partial charge on any atom is -0.445 e. The van der Waals surface area contributed by atoms with Gasteiger partial charge < -0.3 is 14.5 Å². The summed E-state index contributed by atoms with van der Waals surface area (Å²) in [5.74, 6) is -1.23. The van der Waals surface area contributed by atoms with Crippen LogP contribution >= 0.6 is 0 Å². The molecule has 5 rings (SSSR count). The van der Waals surface area contributed by atoms with Crippen molar-refractivity contribution in [2.24, 2.45) is 4.99 Å². The highest BCUT2D eigenvalue weighted by atomic mass is 19.1. The predicted octanol–water partition coefficient (Wildman–Crippen LogP) is 3.67. The number of ether oxygens (including phenoxy) is 1. The van der Waals surface area contributed by atoms with Gasteiger partial charge in [-0.05, 0) is 18.1 Å². The SMILES string of the molecule is O=C(OCc1ccccc1)N1CCC2=C(C1)C(=O)N(Cc1ccc(F)cc1F)C1=NCCCN12. The molecule has 7 nitrogen and oxygen atoms in total. The summed E-state index contributed by atoms with van der Waals surface area (Å²) >= 11 is 0. The first-order valence-electron chi connectivity index (χ1n) is 11.3. The smallest absolute Gasteiger partial charge is 0.410 e. The molecule has 0 fully saturated rings. The van der Waals surface area contributed by atoms with Gasteiger partial charge in [0, 0.05) is 43.4 Å². The van der Waals surface area contributed by atoms with Gasteiger partial charge in [-0.3, -0.25) is 14.7 Å². The molecule has 3 aliphatic heterocycles. The van der Waals surface area contributed by atoms with E-state index in [1.807, 2.05) is 35.2 Å². The van der Waals surface area contributed by atoms with Crippen LogP contribution in [-0.4, -0.2) is 58.8 Å². The van der Waals surface area contributed by atoms with Gasteiger partial charge in [0.25, 0.3) is 5.91 Å². The summed E-state index contributed by atoms with van der Waals surface area (Å²) in [5.41, 5.74) is 2.41. The van der Waals surface area contributed by atoms with Crippen LogP contribution in [0.25, 0.3) is 0 Å². The number of halogens is 2. The molecule has 0 saturated carbocycles. The van der Waals surface area contributed by atoms with Gasteiger partial charge in [-0.15, -0.1) is 0 Å². The van der Waals surface area contributed by atoms with E-state index in [1.165, 1.54) is 21.9 Å². The van der Waals surface area contributed by atoms with E-state index in [2.05, 4.69) is 4.99 Å². The molecule has 0 atom stereocenters. The Hall–Kier alpha value is -3.75. The van der Waals surface area contributed by atoms with Crippen LogP contribution in [-0.2, 0) is 22.7 Å². The molecule has 0 N–H and O–H groups in total. The van der Waals surface area contributed by atoms with Crippen LogP contribution in [0, 0.1) is 11.6 Å².